The molecular formula is C18H17FO7S. The van der Waals surface area contributed by atoms with Gasteiger partial charge in [0, 0.05) is 0 Å². The van der Waals surface area contributed by atoms with Crippen molar-refractivity contribution in [2.45, 2.75) is 18.7 Å². The van der Waals surface area contributed by atoms with E-state index >= 15 is 0 Å². The van der Waals surface area contributed by atoms with E-state index in [1.807, 2.05) is 0 Å². The monoisotopic (exact) mass is 396 g/mol. The second-order valence-electron chi connectivity index (χ2n) is 5.18. The number of carbonyl (C=O) groups is 2. The average molecular weight is 396 g/mol. The molecule has 0 unspecified atom stereocenters. The molecule has 144 valence electrons. The van der Waals surface area contributed by atoms with E-state index in [4.69, 9.17) is 13.7 Å². The number of benzene rings is 2. The Kier molecular flexibility index (Phi) is 6.51. The summed E-state index contributed by atoms with van der Waals surface area (Å²) >= 11 is 0. The van der Waals surface area contributed by atoms with Crippen LogP contribution in [0.15, 0.2) is 47.4 Å². The number of hydrogen-bond acceptors (Lipinski definition) is 7. The molecule has 0 spiro atoms. The second kappa shape index (κ2) is 8.63. The maximum absolute atomic E-state index is 13.0. The lowest BCUT2D eigenvalue weighted by molar-refractivity contribution is 0.0524. The maximum atomic E-state index is 13.0. The minimum absolute atomic E-state index is 0.0771. The number of halogens is 1. The zero-order valence-electron chi connectivity index (χ0n) is 14.6. The molecule has 0 aliphatic heterocycles. The van der Waals surface area contributed by atoms with Crippen LogP contribution in [0.2, 0.25) is 0 Å². The highest BCUT2D eigenvalue weighted by Crippen LogP contribution is 2.23. The van der Waals surface area contributed by atoms with E-state index in [0.29, 0.717) is 0 Å². The van der Waals surface area contributed by atoms with Gasteiger partial charge in [-0.1, -0.05) is 0 Å². The molecule has 0 N–H and O–H groups in total. The van der Waals surface area contributed by atoms with Crippen LogP contribution in [0.25, 0.3) is 0 Å². The predicted molar refractivity (Wildman–Crippen MR) is 92.6 cm³/mol. The molecule has 0 aromatic heterocycles. The quantitative estimate of drug-likeness (QED) is 0.524. The topological polar surface area (TPSA) is 96.0 Å². The molecule has 0 fully saturated rings. The van der Waals surface area contributed by atoms with E-state index in [9.17, 15) is 22.4 Å². The third-order valence-corrected chi connectivity index (χ3v) is 4.50. The molecule has 0 heterocycles. The van der Waals surface area contributed by atoms with Crippen LogP contribution in [0.3, 0.4) is 0 Å². The van der Waals surface area contributed by atoms with E-state index < -0.39 is 27.9 Å². The first-order valence-electron chi connectivity index (χ1n) is 7.96. The van der Waals surface area contributed by atoms with Crippen molar-refractivity contribution >= 4 is 22.1 Å². The van der Waals surface area contributed by atoms with Crippen molar-refractivity contribution in [3.63, 3.8) is 0 Å². The van der Waals surface area contributed by atoms with Gasteiger partial charge in [-0.2, -0.15) is 8.42 Å². The van der Waals surface area contributed by atoms with E-state index in [1.165, 1.54) is 6.07 Å². The van der Waals surface area contributed by atoms with Crippen LogP contribution in [0, 0.1) is 5.82 Å². The largest absolute Gasteiger partial charge is 0.462 e. The van der Waals surface area contributed by atoms with Crippen molar-refractivity contribution in [1.82, 2.24) is 0 Å². The minimum Gasteiger partial charge on any atom is -0.462 e. The summed E-state index contributed by atoms with van der Waals surface area (Å²) in [5.74, 6) is -2.41. The fourth-order valence-corrected chi connectivity index (χ4v) is 3.00. The highest BCUT2D eigenvalue weighted by atomic mass is 32.2. The first-order valence-corrected chi connectivity index (χ1v) is 9.37. The van der Waals surface area contributed by atoms with Crippen LogP contribution in [0.5, 0.6) is 5.75 Å². The lowest BCUT2D eigenvalue weighted by Gasteiger charge is -2.11. The molecule has 0 saturated heterocycles. The molecular weight excluding hydrogens is 379 g/mol. The summed E-state index contributed by atoms with van der Waals surface area (Å²) < 4.78 is 52.4. The smallest absolute Gasteiger partial charge is 0.339 e. The Labute approximate surface area is 155 Å². The summed E-state index contributed by atoms with van der Waals surface area (Å²) in [4.78, 5) is 23.7. The van der Waals surface area contributed by atoms with Crippen molar-refractivity contribution in [1.29, 1.82) is 0 Å². The highest BCUT2D eigenvalue weighted by Gasteiger charge is 2.21. The van der Waals surface area contributed by atoms with Crippen LogP contribution >= 0.6 is 0 Å². The van der Waals surface area contributed by atoms with Crippen LogP contribution in [0.1, 0.15) is 34.6 Å². The number of esters is 2. The van der Waals surface area contributed by atoms with Crippen molar-refractivity contribution in [2.24, 2.45) is 0 Å². The molecule has 0 atom stereocenters. The van der Waals surface area contributed by atoms with E-state index in [1.54, 1.807) is 13.8 Å². The maximum Gasteiger partial charge on any atom is 0.339 e. The van der Waals surface area contributed by atoms with Gasteiger partial charge in [-0.05, 0) is 56.3 Å². The molecule has 27 heavy (non-hydrogen) atoms. The third-order valence-electron chi connectivity index (χ3n) is 3.24. The number of ether oxygens (including phenoxy) is 2. The molecule has 0 bridgehead atoms. The minimum atomic E-state index is -4.31. The van der Waals surface area contributed by atoms with Crippen LogP contribution in [-0.2, 0) is 19.6 Å². The summed E-state index contributed by atoms with van der Waals surface area (Å²) in [5, 5.41) is 0. The van der Waals surface area contributed by atoms with Gasteiger partial charge in [0.2, 0.25) is 0 Å². The SMILES string of the molecule is CCOC(=O)c1cc(OS(=O)(=O)c2ccc(F)cc2)cc(C(=O)OCC)c1. The number of carbonyl (C=O) groups excluding carboxylic acids is 2. The summed E-state index contributed by atoms with van der Waals surface area (Å²) in [7, 11) is -4.31. The predicted octanol–water partition coefficient (Wildman–Crippen LogP) is 2.95. The van der Waals surface area contributed by atoms with Gasteiger partial charge in [-0.15, -0.1) is 0 Å². The summed E-state index contributed by atoms with van der Waals surface area (Å²) in [6.45, 7) is 3.38. The third kappa shape index (κ3) is 5.27. The Morgan fingerprint density at radius 3 is 1.81 bits per heavy atom. The summed E-state index contributed by atoms with van der Waals surface area (Å²) in [6, 6.07) is 7.47. The molecule has 0 amide bonds. The Morgan fingerprint density at radius 2 is 1.37 bits per heavy atom. The molecule has 2 aromatic carbocycles. The van der Waals surface area contributed by atoms with E-state index in [-0.39, 0.29) is 35.0 Å². The van der Waals surface area contributed by atoms with Crippen LogP contribution in [-0.4, -0.2) is 33.6 Å². The van der Waals surface area contributed by atoms with Crippen molar-refractivity contribution in [3.05, 3.63) is 59.4 Å². The standard InChI is InChI=1S/C18H17FO7S/c1-3-24-17(20)12-9-13(18(21)25-4-2)11-15(10-12)26-27(22,23)16-7-5-14(19)6-8-16/h5-11H,3-4H2,1-2H3. The van der Waals surface area contributed by atoms with Gasteiger partial charge in [0.25, 0.3) is 0 Å². The van der Waals surface area contributed by atoms with Gasteiger partial charge in [0.15, 0.2) is 0 Å². The Balaban J connectivity index is 2.43. The lowest BCUT2D eigenvalue weighted by Crippen LogP contribution is -2.13. The second-order valence-corrected chi connectivity index (χ2v) is 6.72. The summed E-state index contributed by atoms with van der Waals surface area (Å²) in [5.41, 5.74) is -0.154. The molecule has 9 heteroatoms. The fraction of sp³-hybridized carbons (Fsp3) is 0.222. The van der Waals surface area contributed by atoms with Crippen LogP contribution in [0.4, 0.5) is 4.39 Å². The molecule has 0 aliphatic rings. The van der Waals surface area contributed by atoms with E-state index in [2.05, 4.69) is 0 Å². The molecule has 0 saturated carbocycles. The van der Waals surface area contributed by atoms with Crippen molar-refractivity contribution < 1.29 is 36.1 Å². The van der Waals surface area contributed by atoms with Crippen LogP contribution < -0.4 is 4.18 Å². The van der Waals surface area contributed by atoms with Gasteiger partial charge in [0.1, 0.15) is 16.5 Å². The fourth-order valence-electron chi connectivity index (χ4n) is 2.09. The molecule has 0 radical (unpaired) electrons. The zero-order chi connectivity index (χ0) is 20.0. The Morgan fingerprint density at radius 1 is 0.889 bits per heavy atom. The van der Waals surface area contributed by atoms with E-state index in [0.717, 1.165) is 36.4 Å². The van der Waals surface area contributed by atoms with Gasteiger partial charge in [-0.25, -0.2) is 14.0 Å². The first-order chi connectivity index (χ1) is 12.8. The van der Waals surface area contributed by atoms with Gasteiger partial charge >= 0.3 is 22.1 Å². The van der Waals surface area contributed by atoms with Gasteiger partial charge < -0.3 is 13.7 Å². The number of hydrogen-bond donors (Lipinski definition) is 0. The highest BCUT2D eigenvalue weighted by molar-refractivity contribution is 7.87. The zero-order valence-corrected chi connectivity index (χ0v) is 15.4. The average Bonchev–Trinajstić information content (AvgIpc) is 2.62. The Hall–Kier alpha value is -2.94. The van der Waals surface area contributed by atoms with Gasteiger partial charge in [0.05, 0.1) is 24.3 Å². The Bertz CT molecular complexity index is 900. The van der Waals surface area contributed by atoms with Crippen molar-refractivity contribution in [2.75, 3.05) is 13.2 Å². The number of rotatable bonds is 7. The molecule has 0 aliphatic carbocycles. The molecule has 2 aromatic rings. The first kappa shape index (κ1) is 20.4. The lowest BCUT2D eigenvalue weighted by atomic mass is 10.1. The normalized spacial score (nSPS) is 10.9. The summed E-state index contributed by atoms with van der Waals surface area (Å²) in [6.07, 6.45) is 0. The molecule has 7 nitrogen and oxygen atoms in total. The molecule has 2 rings (SSSR count). The van der Waals surface area contributed by atoms with Crippen molar-refractivity contribution in [3.8, 4) is 5.75 Å². The van der Waals surface area contributed by atoms with Gasteiger partial charge in [-0.3, -0.25) is 0 Å².